The number of carbonyl (C=O) groups excluding carboxylic acids is 1. The van der Waals surface area contributed by atoms with Crippen LogP contribution in [0.4, 0.5) is 27.6 Å². The van der Waals surface area contributed by atoms with Gasteiger partial charge in [0.1, 0.15) is 23.5 Å². The molecule has 0 bridgehead atoms. The molecule has 41 heavy (non-hydrogen) atoms. The fourth-order valence-corrected chi connectivity index (χ4v) is 6.58. The third-order valence-electron chi connectivity index (χ3n) is 7.14. The largest absolute Gasteiger partial charge is 0.486 e. The van der Waals surface area contributed by atoms with E-state index in [0.29, 0.717) is 12.1 Å². The Balaban J connectivity index is 1.63. The van der Waals surface area contributed by atoms with Crippen molar-refractivity contribution in [3.8, 4) is 16.9 Å². The lowest BCUT2D eigenvalue weighted by Gasteiger charge is -2.38. The summed E-state index contributed by atoms with van der Waals surface area (Å²) in [6.45, 7) is -0.508. The van der Waals surface area contributed by atoms with Crippen LogP contribution in [0.5, 0.6) is 5.75 Å². The molecular weight excluding hydrogens is 575 g/mol. The van der Waals surface area contributed by atoms with Gasteiger partial charge in [0.15, 0.2) is 5.41 Å². The third-order valence-corrected chi connectivity index (χ3v) is 8.91. The summed E-state index contributed by atoms with van der Waals surface area (Å²) < 4.78 is 103. The number of carbonyl (C=O) groups is 2. The zero-order valence-corrected chi connectivity index (χ0v) is 21.7. The SMILES string of the molecule is O=C(O)[C@]1(C[C@H]2CN(S(=O)(=O)c3cccc(C(F)(F)F)c3)c3cc(-c4cc(F)ccc4F)ccc3O2)CCNC1=O. The van der Waals surface area contributed by atoms with Gasteiger partial charge < -0.3 is 15.2 Å². The van der Waals surface area contributed by atoms with Crippen LogP contribution in [0.15, 0.2) is 65.6 Å². The maximum atomic E-state index is 14.6. The number of hydrogen-bond donors (Lipinski definition) is 2. The Labute approximate surface area is 230 Å². The van der Waals surface area contributed by atoms with Crippen molar-refractivity contribution >= 4 is 27.6 Å². The van der Waals surface area contributed by atoms with E-state index in [9.17, 15) is 45.1 Å². The zero-order valence-electron chi connectivity index (χ0n) is 20.9. The number of halogens is 5. The van der Waals surface area contributed by atoms with E-state index < -0.39 is 74.7 Å². The molecule has 1 fully saturated rings. The number of hydrogen-bond acceptors (Lipinski definition) is 5. The molecule has 0 saturated carbocycles. The smallest absolute Gasteiger partial charge is 0.416 e. The number of anilines is 1. The first-order chi connectivity index (χ1) is 19.2. The number of sulfonamides is 1. The maximum absolute atomic E-state index is 14.6. The highest BCUT2D eigenvalue weighted by atomic mass is 32.2. The van der Waals surface area contributed by atoms with E-state index in [2.05, 4.69) is 5.32 Å². The maximum Gasteiger partial charge on any atom is 0.416 e. The van der Waals surface area contributed by atoms with Gasteiger partial charge in [0.05, 0.1) is 22.7 Å². The third kappa shape index (κ3) is 5.07. The van der Waals surface area contributed by atoms with Crippen LogP contribution in [0.25, 0.3) is 11.1 Å². The highest BCUT2D eigenvalue weighted by Gasteiger charge is 2.52. The number of alkyl halides is 3. The number of nitrogens with zero attached hydrogens (tertiary/aromatic N) is 1. The molecule has 8 nitrogen and oxygen atoms in total. The second kappa shape index (κ2) is 10.0. The molecule has 2 aliphatic rings. The molecule has 2 atom stereocenters. The number of fused-ring (bicyclic) bond motifs is 1. The average Bonchev–Trinajstić information content (AvgIpc) is 3.29. The molecule has 1 saturated heterocycles. The van der Waals surface area contributed by atoms with Crippen molar-refractivity contribution in [3.63, 3.8) is 0 Å². The van der Waals surface area contributed by atoms with E-state index in [-0.39, 0.29) is 35.5 Å². The van der Waals surface area contributed by atoms with Crippen molar-refractivity contribution in [1.82, 2.24) is 5.32 Å². The number of carboxylic acids is 1. The van der Waals surface area contributed by atoms with Crippen molar-refractivity contribution in [3.05, 3.63) is 77.9 Å². The first-order valence-corrected chi connectivity index (χ1v) is 13.6. The van der Waals surface area contributed by atoms with Gasteiger partial charge in [0, 0.05) is 18.5 Å². The van der Waals surface area contributed by atoms with Crippen LogP contribution in [-0.4, -0.2) is 44.6 Å². The lowest BCUT2D eigenvalue weighted by Crippen LogP contribution is -2.49. The van der Waals surface area contributed by atoms with Crippen LogP contribution in [0.1, 0.15) is 18.4 Å². The summed E-state index contributed by atoms with van der Waals surface area (Å²) in [6, 6.07) is 9.49. The van der Waals surface area contributed by atoms with E-state index in [1.165, 1.54) is 18.2 Å². The number of carboxylic acid groups (broad SMARTS) is 1. The first-order valence-electron chi connectivity index (χ1n) is 12.2. The Bertz CT molecular complexity index is 1660. The minimum absolute atomic E-state index is 0.0456. The van der Waals surface area contributed by atoms with Gasteiger partial charge in [0.2, 0.25) is 5.91 Å². The lowest BCUT2D eigenvalue weighted by atomic mass is 9.80. The van der Waals surface area contributed by atoms with Crippen LogP contribution in [0.2, 0.25) is 0 Å². The van der Waals surface area contributed by atoms with Crippen LogP contribution in [0, 0.1) is 17.0 Å². The van der Waals surface area contributed by atoms with Crippen LogP contribution >= 0.6 is 0 Å². The molecule has 14 heteroatoms. The molecular formula is C27H21F5N2O6S. The zero-order chi connectivity index (χ0) is 29.7. The molecule has 3 aromatic carbocycles. The van der Waals surface area contributed by atoms with Gasteiger partial charge in [-0.3, -0.25) is 13.9 Å². The number of rotatable bonds is 6. The van der Waals surface area contributed by atoms with Gasteiger partial charge >= 0.3 is 12.1 Å². The van der Waals surface area contributed by atoms with Gasteiger partial charge in [-0.25, -0.2) is 17.2 Å². The predicted molar refractivity (Wildman–Crippen MR) is 134 cm³/mol. The van der Waals surface area contributed by atoms with Crippen molar-refractivity contribution in [2.75, 3.05) is 17.4 Å². The van der Waals surface area contributed by atoms with Crippen molar-refractivity contribution in [2.45, 2.75) is 30.0 Å². The van der Waals surface area contributed by atoms with Gasteiger partial charge in [-0.05, 0) is 60.5 Å². The summed E-state index contributed by atoms with van der Waals surface area (Å²) in [6.07, 6.45) is -6.59. The average molecular weight is 597 g/mol. The number of aliphatic carboxylic acids is 1. The summed E-state index contributed by atoms with van der Waals surface area (Å²) in [5, 5.41) is 12.3. The Hall–Kier alpha value is -4.20. The topological polar surface area (TPSA) is 113 Å². The van der Waals surface area contributed by atoms with E-state index in [1.807, 2.05) is 0 Å². The van der Waals surface area contributed by atoms with Crippen molar-refractivity contribution in [2.24, 2.45) is 5.41 Å². The number of amides is 1. The standard InChI is InChI=1S/C27H21F5N2O6S/c28-17-5-6-21(29)20(12-17)15-4-7-23-22(10-15)34(41(38,39)19-3-1-2-16(11-19)27(30,31)32)14-18(40-23)13-26(25(36)37)8-9-33-24(26)35/h1-7,10-12,18H,8-9,13-14H2,(H,33,35)(H,36,37)/t18-,26-/m0/s1. The second-order valence-electron chi connectivity index (χ2n) is 9.71. The first kappa shape index (κ1) is 28.3. The molecule has 216 valence electrons. The minimum Gasteiger partial charge on any atom is -0.486 e. The molecule has 0 spiro atoms. The monoisotopic (exact) mass is 596 g/mol. The predicted octanol–water partition coefficient (Wildman–Crippen LogP) is 4.59. The molecule has 1 amide bonds. The molecule has 0 radical (unpaired) electrons. The highest BCUT2D eigenvalue weighted by Crippen LogP contribution is 2.44. The molecule has 2 N–H and O–H groups in total. The van der Waals surface area contributed by atoms with E-state index in [0.717, 1.165) is 34.6 Å². The summed E-state index contributed by atoms with van der Waals surface area (Å²) in [4.78, 5) is 23.9. The second-order valence-corrected chi connectivity index (χ2v) is 11.6. The number of ether oxygens (including phenoxy) is 1. The molecule has 0 aromatic heterocycles. The summed E-state index contributed by atoms with van der Waals surface area (Å²) in [5.74, 6) is -3.91. The van der Waals surface area contributed by atoms with Gasteiger partial charge in [-0.2, -0.15) is 13.2 Å². The fraction of sp³-hybridized carbons (Fsp3) is 0.259. The van der Waals surface area contributed by atoms with Crippen LogP contribution in [-0.2, 0) is 25.8 Å². The summed E-state index contributed by atoms with van der Waals surface area (Å²) in [5.41, 5.74) is -3.49. The Morgan fingerprint density at radius 2 is 1.85 bits per heavy atom. The fourth-order valence-electron chi connectivity index (χ4n) is 5.04. The van der Waals surface area contributed by atoms with E-state index >= 15 is 0 Å². The molecule has 5 rings (SSSR count). The minimum atomic E-state index is -4.84. The molecule has 2 aliphatic heterocycles. The number of nitrogens with one attached hydrogen (secondary N) is 1. The summed E-state index contributed by atoms with van der Waals surface area (Å²) >= 11 is 0. The Kier molecular flexibility index (Phi) is 6.92. The quantitative estimate of drug-likeness (QED) is 0.318. The Morgan fingerprint density at radius 1 is 1.10 bits per heavy atom. The normalized spacial score (nSPS) is 20.8. The van der Waals surface area contributed by atoms with Crippen LogP contribution < -0.4 is 14.4 Å². The van der Waals surface area contributed by atoms with Crippen LogP contribution in [0.3, 0.4) is 0 Å². The molecule has 0 aliphatic carbocycles. The number of benzene rings is 3. The van der Waals surface area contributed by atoms with Crippen molar-refractivity contribution in [1.29, 1.82) is 0 Å². The van der Waals surface area contributed by atoms with E-state index in [4.69, 9.17) is 4.74 Å². The van der Waals surface area contributed by atoms with Crippen molar-refractivity contribution < 1.29 is 49.8 Å². The molecule has 3 aromatic rings. The van der Waals surface area contributed by atoms with E-state index in [1.54, 1.807) is 0 Å². The highest BCUT2D eigenvalue weighted by molar-refractivity contribution is 7.92. The Morgan fingerprint density at radius 3 is 2.51 bits per heavy atom. The lowest BCUT2D eigenvalue weighted by molar-refractivity contribution is -0.155. The van der Waals surface area contributed by atoms with Gasteiger partial charge in [0.25, 0.3) is 10.0 Å². The molecule has 2 heterocycles. The van der Waals surface area contributed by atoms with Gasteiger partial charge in [-0.1, -0.05) is 12.1 Å². The molecule has 0 unspecified atom stereocenters. The summed E-state index contributed by atoms with van der Waals surface area (Å²) in [7, 11) is -4.76. The van der Waals surface area contributed by atoms with Gasteiger partial charge in [-0.15, -0.1) is 0 Å².